The van der Waals surface area contributed by atoms with Gasteiger partial charge in [-0.3, -0.25) is 0 Å². The predicted molar refractivity (Wildman–Crippen MR) is 92.0 cm³/mol. The van der Waals surface area contributed by atoms with Crippen molar-refractivity contribution in [2.24, 2.45) is 11.8 Å². The van der Waals surface area contributed by atoms with Gasteiger partial charge in [-0.15, -0.1) is 0 Å². The summed E-state index contributed by atoms with van der Waals surface area (Å²) in [5.74, 6) is 0.520. The Bertz CT molecular complexity index is 430. The number of rotatable bonds is 13. The first-order chi connectivity index (χ1) is 12.0. The Labute approximate surface area is 150 Å². The zero-order chi connectivity index (χ0) is 18.2. The molecule has 0 unspecified atom stereocenters. The monoisotopic (exact) mass is 356 g/mol. The van der Waals surface area contributed by atoms with Gasteiger partial charge in [0.15, 0.2) is 12.2 Å². The molecule has 0 aliphatic heterocycles. The van der Waals surface area contributed by atoms with Gasteiger partial charge in [0.1, 0.15) is 6.10 Å². The van der Waals surface area contributed by atoms with Gasteiger partial charge < -0.3 is 18.9 Å². The first-order valence-corrected chi connectivity index (χ1v) is 9.59. The molecular weight excluding hydrogens is 324 g/mol. The van der Waals surface area contributed by atoms with Crippen molar-refractivity contribution in [3.63, 3.8) is 0 Å². The van der Waals surface area contributed by atoms with E-state index in [2.05, 4.69) is 0 Å². The van der Waals surface area contributed by atoms with E-state index in [1.54, 1.807) is 13.8 Å². The molecule has 0 radical (unpaired) electrons. The second kappa shape index (κ2) is 10.1. The van der Waals surface area contributed by atoms with Crippen molar-refractivity contribution in [2.75, 3.05) is 19.8 Å². The minimum Gasteiger partial charge on any atom is -0.464 e. The zero-order valence-electron chi connectivity index (χ0n) is 15.7. The van der Waals surface area contributed by atoms with Crippen molar-refractivity contribution in [1.82, 2.24) is 0 Å². The number of carbonyl (C=O) groups excluding carboxylic acids is 2. The van der Waals surface area contributed by atoms with E-state index in [9.17, 15) is 9.59 Å². The lowest BCUT2D eigenvalue weighted by molar-refractivity contribution is -0.164. The molecule has 0 bridgehead atoms. The van der Waals surface area contributed by atoms with Crippen LogP contribution in [-0.4, -0.2) is 50.1 Å². The van der Waals surface area contributed by atoms with E-state index in [1.165, 1.54) is 25.7 Å². The average molecular weight is 356 g/mol. The molecule has 6 heteroatoms. The van der Waals surface area contributed by atoms with Gasteiger partial charge in [0.2, 0.25) is 0 Å². The van der Waals surface area contributed by atoms with E-state index >= 15 is 0 Å². The summed E-state index contributed by atoms with van der Waals surface area (Å²) in [7, 11) is 0. The highest BCUT2D eigenvalue weighted by Gasteiger charge is 2.26. The molecule has 0 aromatic heterocycles. The number of esters is 2. The van der Waals surface area contributed by atoms with Crippen LogP contribution in [0.5, 0.6) is 0 Å². The molecule has 2 saturated carbocycles. The first-order valence-electron chi connectivity index (χ1n) is 9.59. The Hall–Kier alpha value is -1.14. The van der Waals surface area contributed by atoms with Crippen LogP contribution in [0.3, 0.4) is 0 Å². The molecule has 25 heavy (non-hydrogen) atoms. The van der Waals surface area contributed by atoms with Crippen LogP contribution in [0.4, 0.5) is 0 Å². The summed E-state index contributed by atoms with van der Waals surface area (Å²) >= 11 is 0. The third-order valence-corrected chi connectivity index (χ3v) is 4.64. The SMILES string of the molecule is CC[C@H](CCOC(=O)[C@H](C)OCC1CC1)OC(=O)[C@@H](C)OCC1CC1. The second-order valence-corrected chi connectivity index (χ2v) is 7.26. The summed E-state index contributed by atoms with van der Waals surface area (Å²) < 4.78 is 21.7. The highest BCUT2D eigenvalue weighted by Crippen LogP contribution is 2.29. The molecule has 6 nitrogen and oxygen atoms in total. The summed E-state index contributed by atoms with van der Waals surface area (Å²) in [6.45, 7) is 6.85. The van der Waals surface area contributed by atoms with Gasteiger partial charge in [-0.05, 0) is 57.8 Å². The van der Waals surface area contributed by atoms with E-state index in [0.717, 1.165) is 0 Å². The zero-order valence-corrected chi connectivity index (χ0v) is 15.7. The summed E-state index contributed by atoms with van der Waals surface area (Å²) in [6, 6.07) is 0. The van der Waals surface area contributed by atoms with Gasteiger partial charge >= 0.3 is 11.9 Å². The molecule has 2 aliphatic rings. The average Bonchev–Trinajstić information content (AvgIpc) is 3.49. The number of ether oxygens (including phenoxy) is 4. The Morgan fingerprint density at radius 2 is 1.44 bits per heavy atom. The second-order valence-electron chi connectivity index (χ2n) is 7.26. The van der Waals surface area contributed by atoms with Crippen LogP contribution in [0, 0.1) is 11.8 Å². The lowest BCUT2D eigenvalue weighted by Crippen LogP contribution is -2.30. The molecule has 0 spiro atoms. The summed E-state index contributed by atoms with van der Waals surface area (Å²) in [5, 5.41) is 0. The topological polar surface area (TPSA) is 71.1 Å². The van der Waals surface area contributed by atoms with Crippen LogP contribution in [0.25, 0.3) is 0 Å². The molecule has 0 aromatic carbocycles. The lowest BCUT2D eigenvalue weighted by atomic mass is 10.2. The third-order valence-electron chi connectivity index (χ3n) is 4.64. The van der Waals surface area contributed by atoms with Crippen LogP contribution in [0.1, 0.15) is 59.3 Å². The fraction of sp³-hybridized carbons (Fsp3) is 0.895. The molecule has 0 N–H and O–H groups in total. The lowest BCUT2D eigenvalue weighted by Gasteiger charge is -2.20. The highest BCUT2D eigenvalue weighted by molar-refractivity contribution is 5.74. The van der Waals surface area contributed by atoms with Gasteiger partial charge in [0, 0.05) is 6.42 Å². The van der Waals surface area contributed by atoms with Crippen LogP contribution >= 0.6 is 0 Å². The standard InChI is InChI=1S/C19H32O6/c1-4-17(25-19(21)14(3)24-12-16-7-8-16)9-10-22-18(20)13(2)23-11-15-5-6-15/h13-17H,4-12H2,1-3H3/t13-,14+,17+/m0/s1. The van der Waals surface area contributed by atoms with Gasteiger partial charge in [-0.1, -0.05) is 6.92 Å². The van der Waals surface area contributed by atoms with Crippen LogP contribution in [0.2, 0.25) is 0 Å². The Balaban J connectivity index is 1.57. The summed E-state index contributed by atoms with van der Waals surface area (Å²) in [5.41, 5.74) is 0. The summed E-state index contributed by atoms with van der Waals surface area (Å²) in [6.07, 6.45) is 4.55. The third kappa shape index (κ3) is 8.19. The maximum Gasteiger partial charge on any atom is 0.335 e. The molecule has 2 aliphatic carbocycles. The molecule has 2 fully saturated rings. The first kappa shape index (κ1) is 20.2. The van der Waals surface area contributed by atoms with Crippen molar-refractivity contribution in [3.8, 4) is 0 Å². The van der Waals surface area contributed by atoms with Crippen LogP contribution in [0.15, 0.2) is 0 Å². The molecule has 0 saturated heterocycles. The number of hydrogen-bond donors (Lipinski definition) is 0. The van der Waals surface area contributed by atoms with E-state index in [1.807, 2.05) is 6.92 Å². The Morgan fingerprint density at radius 1 is 0.920 bits per heavy atom. The largest absolute Gasteiger partial charge is 0.464 e. The van der Waals surface area contributed by atoms with Gasteiger partial charge in [-0.2, -0.15) is 0 Å². The van der Waals surface area contributed by atoms with Gasteiger partial charge in [0.05, 0.1) is 19.8 Å². The van der Waals surface area contributed by atoms with E-state index in [4.69, 9.17) is 18.9 Å². The molecule has 2 rings (SSSR count). The van der Waals surface area contributed by atoms with Crippen molar-refractivity contribution in [1.29, 1.82) is 0 Å². The molecular formula is C19H32O6. The van der Waals surface area contributed by atoms with Crippen molar-refractivity contribution < 1.29 is 28.5 Å². The van der Waals surface area contributed by atoms with E-state index in [0.29, 0.717) is 37.9 Å². The maximum atomic E-state index is 12.0. The molecule has 3 atom stereocenters. The molecule has 0 amide bonds. The van der Waals surface area contributed by atoms with Crippen LogP contribution in [-0.2, 0) is 28.5 Å². The van der Waals surface area contributed by atoms with Gasteiger partial charge in [-0.25, -0.2) is 9.59 Å². The summed E-state index contributed by atoms with van der Waals surface area (Å²) in [4.78, 5) is 23.9. The van der Waals surface area contributed by atoms with Crippen molar-refractivity contribution >= 4 is 11.9 Å². The van der Waals surface area contributed by atoms with E-state index < -0.39 is 12.2 Å². The fourth-order valence-electron chi connectivity index (χ4n) is 2.28. The van der Waals surface area contributed by atoms with Crippen molar-refractivity contribution in [3.05, 3.63) is 0 Å². The van der Waals surface area contributed by atoms with Gasteiger partial charge in [0.25, 0.3) is 0 Å². The smallest absolute Gasteiger partial charge is 0.335 e. The minimum atomic E-state index is -0.548. The van der Waals surface area contributed by atoms with Crippen molar-refractivity contribution in [2.45, 2.75) is 77.6 Å². The molecule has 144 valence electrons. The maximum absolute atomic E-state index is 12.0. The molecule has 0 heterocycles. The normalized spacial score (nSPS) is 20.6. The van der Waals surface area contributed by atoms with E-state index in [-0.39, 0.29) is 24.6 Å². The Kier molecular flexibility index (Phi) is 8.16. The fourth-order valence-corrected chi connectivity index (χ4v) is 2.28. The number of carbonyl (C=O) groups is 2. The van der Waals surface area contributed by atoms with Crippen LogP contribution < -0.4 is 0 Å². The highest BCUT2D eigenvalue weighted by atomic mass is 16.6. The minimum absolute atomic E-state index is 0.221. The Morgan fingerprint density at radius 3 is 1.92 bits per heavy atom. The molecule has 0 aromatic rings. The number of hydrogen-bond acceptors (Lipinski definition) is 6. The quantitative estimate of drug-likeness (QED) is 0.473. The predicted octanol–water partition coefficient (Wildman–Crippen LogP) is 2.87.